The van der Waals surface area contributed by atoms with Gasteiger partial charge in [0.1, 0.15) is 0 Å². The normalized spacial score (nSPS) is 18.7. The smallest absolute Gasteiger partial charge is 0.0624 e. The molecule has 1 aromatic rings. The van der Waals surface area contributed by atoms with Gasteiger partial charge < -0.3 is 5.32 Å². The fourth-order valence-electron chi connectivity index (χ4n) is 2.14. The average Bonchev–Trinajstić information content (AvgIpc) is 3.17. The van der Waals surface area contributed by atoms with Crippen LogP contribution in [0.15, 0.2) is 18.2 Å². The fourth-order valence-corrected chi connectivity index (χ4v) is 2.52. The summed E-state index contributed by atoms with van der Waals surface area (Å²) in [6, 6.07) is 6.66. The summed E-state index contributed by atoms with van der Waals surface area (Å²) in [6.45, 7) is 5.61. The summed E-state index contributed by atoms with van der Waals surface area (Å²) in [4.78, 5) is 0. The lowest BCUT2D eigenvalue weighted by Crippen LogP contribution is -2.34. The van der Waals surface area contributed by atoms with Crippen molar-refractivity contribution in [2.45, 2.75) is 45.6 Å². The van der Waals surface area contributed by atoms with Crippen molar-refractivity contribution in [2.24, 2.45) is 5.41 Å². The largest absolute Gasteiger partial charge is 0.313 e. The topological polar surface area (TPSA) is 12.0 Å². The second-order valence-corrected chi connectivity index (χ2v) is 6.49. The first-order chi connectivity index (χ1) is 8.54. The Labute approximate surface area is 120 Å². The first kappa shape index (κ1) is 14.2. The van der Waals surface area contributed by atoms with Crippen LogP contribution in [-0.4, -0.2) is 12.6 Å². The zero-order valence-electron chi connectivity index (χ0n) is 11.1. The fraction of sp³-hybridized carbons (Fsp3) is 0.600. The molecule has 1 aromatic carbocycles. The third-order valence-corrected chi connectivity index (χ3v) is 4.76. The molecule has 0 aliphatic heterocycles. The molecule has 0 radical (unpaired) electrons. The maximum absolute atomic E-state index is 6.28. The van der Waals surface area contributed by atoms with Crippen molar-refractivity contribution < 1.29 is 0 Å². The molecule has 1 nitrogen and oxygen atoms in total. The first-order valence-corrected chi connectivity index (χ1v) is 7.46. The lowest BCUT2D eigenvalue weighted by Gasteiger charge is -2.29. The van der Waals surface area contributed by atoms with Gasteiger partial charge in [-0.2, -0.15) is 0 Å². The van der Waals surface area contributed by atoms with Crippen LogP contribution in [0.2, 0.25) is 10.0 Å². The van der Waals surface area contributed by atoms with Gasteiger partial charge in [0.15, 0.2) is 0 Å². The molecule has 1 N–H and O–H groups in total. The minimum absolute atomic E-state index is 0.247. The Hall–Kier alpha value is -0.240. The van der Waals surface area contributed by atoms with Crippen LogP contribution in [0.3, 0.4) is 0 Å². The predicted octanol–water partition coefficient (Wildman–Crippen LogP) is 4.70. The Morgan fingerprint density at radius 1 is 1.33 bits per heavy atom. The van der Waals surface area contributed by atoms with Crippen LogP contribution in [0.4, 0.5) is 0 Å². The predicted molar refractivity (Wildman–Crippen MR) is 79.6 cm³/mol. The van der Waals surface area contributed by atoms with Gasteiger partial charge >= 0.3 is 0 Å². The number of benzene rings is 1. The number of hydrogen-bond donors (Lipinski definition) is 1. The SMILES string of the molecule is CCC(C)(CNC1CC1)Cc1cccc(Cl)c1Cl. The Bertz CT molecular complexity index is 415. The second kappa shape index (κ2) is 5.81. The maximum atomic E-state index is 6.28. The summed E-state index contributed by atoms with van der Waals surface area (Å²) in [5, 5.41) is 4.99. The molecule has 0 spiro atoms. The van der Waals surface area contributed by atoms with E-state index < -0.39 is 0 Å². The van der Waals surface area contributed by atoms with Crippen LogP contribution in [0.5, 0.6) is 0 Å². The standard InChI is InChI=1S/C15H21Cl2N/c1-3-15(2,10-18-12-7-8-12)9-11-5-4-6-13(16)14(11)17/h4-6,12,18H,3,7-10H2,1-2H3. The summed E-state index contributed by atoms with van der Waals surface area (Å²) in [5.41, 5.74) is 1.41. The summed E-state index contributed by atoms with van der Waals surface area (Å²) >= 11 is 12.4. The van der Waals surface area contributed by atoms with Gasteiger partial charge in [-0.3, -0.25) is 0 Å². The highest BCUT2D eigenvalue weighted by Crippen LogP contribution is 2.33. The molecule has 1 aliphatic rings. The third kappa shape index (κ3) is 3.63. The molecular weight excluding hydrogens is 265 g/mol. The highest BCUT2D eigenvalue weighted by Gasteiger charge is 2.28. The van der Waals surface area contributed by atoms with Gasteiger partial charge in [0.25, 0.3) is 0 Å². The quantitative estimate of drug-likeness (QED) is 0.799. The van der Waals surface area contributed by atoms with Crippen LogP contribution in [0, 0.1) is 5.41 Å². The summed E-state index contributed by atoms with van der Waals surface area (Å²) in [7, 11) is 0. The van der Waals surface area contributed by atoms with Gasteiger partial charge in [-0.15, -0.1) is 0 Å². The molecule has 1 aliphatic carbocycles. The molecule has 18 heavy (non-hydrogen) atoms. The van der Waals surface area contributed by atoms with Crippen molar-refractivity contribution in [3.05, 3.63) is 33.8 Å². The van der Waals surface area contributed by atoms with Gasteiger partial charge in [0.05, 0.1) is 10.0 Å². The number of nitrogens with one attached hydrogen (secondary N) is 1. The third-order valence-electron chi connectivity index (χ3n) is 3.90. The van der Waals surface area contributed by atoms with Crippen LogP contribution in [0.25, 0.3) is 0 Å². The van der Waals surface area contributed by atoms with Gasteiger partial charge in [0, 0.05) is 12.6 Å². The zero-order valence-corrected chi connectivity index (χ0v) is 12.6. The van der Waals surface area contributed by atoms with E-state index in [0.29, 0.717) is 10.0 Å². The number of rotatable bonds is 6. The molecule has 2 rings (SSSR count). The zero-order chi connectivity index (χ0) is 13.2. The van der Waals surface area contributed by atoms with Crippen molar-refractivity contribution in [2.75, 3.05) is 6.54 Å². The van der Waals surface area contributed by atoms with Crippen LogP contribution in [0.1, 0.15) is 38.7 Å². The Morgan fingerprint density at radius 2 is 2.06 bits per heavy atom. The van der Waals surface area contributed by atoms with Crippen molar-refractivity contribution in [1.82, 2.24) is 5.32 Å². The van der Waals surface area contributed by atoms with E-state index in [1.165, 1.54) is 12.8 Å². The van der Waals surface area contributed by atoms with Gasteiger partial charge in [-0.25, -0.2) is 0 Å². The lowest BCUT2D eigenvalue weighted by molar-refractivity contribution is 0.289. The molecule has 0 aromatic heterocycles. The molecule has 0 saturated heterocycles. The number of hydrogen-bond acceptors (Lipinski definition) is 1. The highest BCUT2D eigenvalue weighted by molar-refractivity contribution is 6.42. The Balaban J connectivity index is 2.05. The van der Waals surface area contributed by atoms with E-state index in [1.807, 2.05) is 12.1 Å². The minimum atomic E-state index is 0.247. The summed E-state index contributed by atoms with van der Waals surface area (Å²) in [6.07, 6.45) is 4.77. The van der Waals surface area contributed by atoms with Crippen molar-refractivity contribution in [3.8, 4) is 0 Å². The molecule has 1 fully saturated rings. The van der Waals surface area contributed by atoms with E-state index in [0.717, 1.165) is 31.0 Å². The Kier molecular flexibility index (Phi) is 4.58. The monoisotopic (exact) mass is 285 g/mol. The second-order valence-electron chi connectivity index (χ2n) is 5.71. The van der Waals surface area contributed by atoms with Crippen molar-refractivity contribution in [1.29, 1.82) is 0 Å². The van der Waals surface area contributed by atoms with E-state index in [-0.39, 0.29) is 5.41 Å². The summed E-state index contributed by atoms with van der Waals surface area (Å²) < 4.78 is 0. The lowest BCUT2D eigenvalue weighted by atomic mass is 9.81. The average molecular weight is 286 g/mol. The molecule has 0 amide bonds. The highest BCUT2D eigenvalue weighted by atomic mass is 35.5. The summed E-state index contributed by atoms with van der Waals surface area (Å²) in [5.74, 6) is 0. The Morgan fingerprint density at radius 3 is 2.67 bits per heavy atom. The first-order valence-electron chi connectivity index (χ1n) is 6.70. The molecule has 0 heterocycles. The van der Waals surface area contributed by atoms with Crippen molar-refractivity contribution >= 4 is 23.2 Å². The van der Waals surface area contributed by atoms with Crippen LogP contribution in [-0.2, 0) is 6.42 Å². The van der Waals surface area contributed by atoms with E-state index >= 15 is 0 Å². The molecule has 100 valence electrons. The minimum Gasteiger partial charge on any atom is -0.313 e. The molecule has 0 bridgehead atoms. The molecule has 3 heteroatoms. The van der Waals surface area contributed by atoms with E-state index in [9.17, 15) is 0 Å². The number of halogens is 2. The van der Waals surface area contributed by atoms with E-state index in [1.54, 1.807) is 0 Å². The van der Waals surface area contributed by atoms with E-state index in [4.69, 9.17) is 23.2 Å². The molecule has 1 saturated carbocycles. The van der Waals surface area contributed by atoms with Gasteiger partial charge in [-0.05, 0) is 42.7 Å². The van der Waals surface area contributed by atoms with Gasteiger partial charge in [-0.1, -0.05) is 49.2 Å². The van der Waals surface area contributed by atoms with Gasteiger partial charge in [0.2, 0.25) is 0 Å². The van der Waals surface area contributed by atoms with E-state index in [2.05, 4.69) is 25.2 Å². The molecule has 1 unspecified atom stereocenters. The molecule has 1 atom stereocenters. The maximum Gasteiger partial charge on any atom is 0.0624 e. The van der Waals surface area contributed by atoms with Crippen LogP contribution < -0.4 is 5.32 Å². The molecular formula is C15H21Cl2N. The van der Waals surface area contributed by atoms with Crippen molar-refractivity contribution in [3.63, 3.8) is 0 Å². The van der Waals surface area contributed by atoms with Crippen LogP contribution >= 0.6 is 23.2 Å².